The Kier molecular flexibility index (Phi) is 3.53. The van der Waals surface area contributed by atoms with Crippen LogP contribution < -0.4 is 0 Å². The summed E-state index contributed by atoms with van der Waals surface area (Å²) in [5.41, 5.74) is 0.855. The van der Waals surface area contributed by atoms with Gasteiger partial charge in [-0.05, 0) is 49.3 Å². The van der Waals surface area contributed by atoms with Gasteiger partial charge >= 0.3 is 0 Å². The first-order valence-corrected chi connectivity index (χ1v) is 7.17. The Hall–Kier alpha value is -0.570. The van der Waals surface area contributed by atoms with Gasteiger partial charge in [0.15, 0.2) is 0 Å². The van der Waals surface area contributed by atoms with Gasteiger partial charge in [-0.1, -0.05) is 15.9 Å². The van der Waals surface area contributed by atoms with Gasteiger partial charge in [0.25, 0.3) is 0 Å². The van der Waals surface area contributed by atoms with Crippen LogP contribution in [0.3, 0.4) is 0 Å². The fourth-order valence-electron chi connectivity index (χ4n) is 2.08. The Morgan fingerprint density at radius 3 is 2.75 bits per heavy atom. The van der Waals surface area contributed by atoms with Gasteiger partial charge in [-0.15, -0.1) is 11.8 Å². The monoisotopic (exact) mass is 297 g/mol. The van der Waals surface area contributed by atoms with E-state index in [0.717, 1.165) is 29.3 Å². The van der Waals surface area contributed by atoms with Crippen LogP contribution in [0.2, 0.25) is 0 Å². The van der Waals surface area contributed by atoms with Crippen LogP contribution in [0.15, 0.2) is 32.6 Å². The van der Waals surface area contributed by atoms with Gasteiger partial charge < -0.3 is 0 Å². The summed E-state index contributed by atoms with van der Waals surface area (Å²) in [5.74, 6) is 0. The van der Waals surface area contributed by atoms with Crippen molar-refractivity contribution in [3.8, 4) is 0 Å². The zero-order valence-electron chi connectivity index (χ0n) is 9.00. The van der Waals surface area contributed by atoms with Gasteiger partial charge in [-0.25, -0.2) is 4.79 Å². The minimum absolute atomic E-state index is 0.302. The zero-order chi connectivity index (χ0) is 11.6. The predicted molar refractivity (Wildman–Crippen MR) is 69.6 cm³/mol. The van der Waals surface area contributed by atoms with E-state index in [1.807, 2.05) is 12.3 Å². The molecule has 84 valence electrons. The maximum atomic E-state index is 10.6. The van der Waals surface area contributed by atoms with E-state index in [2.05, 4.69) is 33.1 Å². The molecule has 0 atom stereocenters. The standard InChI is InChI=1S/C12H12BrNOS/c1-16-11-4-3-9(13)7-10(11)12(14-8-15)5-2-6-12/h3-4,7H,2,5-6H2,1H3. The summed E-state index contributed by atoms with van der Waals surface area (Å²) in [7, 11) is 0. The normalized spacial score (nSPS) is 17.4. The number of hydrogen-bond acceptors (Lipinski definition) is 3. The van der Waals surface area contributed by atoms with E-state index >= 15 is 0 Å². The second-order valence-corrected chi connectivity index (χ2v) is 5.70. The van der Waals surface area contributed by atoms with Gasteiger partial charge in [0.05, 0.1) is 5.54 Å². The van der Waals surface area contributed by atoms with Gasteiger partial charge in [-0.3, -0.25) is 0 Å². The Bertz CT molecular complexity index is 450. The highest BCUT2D eigenvalue weighted by atomic mass is 79.9. The molecule has 0 radical (unpaired) electrons. The van der Waals surface area contributed by atoms with E-state index in [9.17, 15) is 4.79 Å². The van der Waals surface area contributed by atoms with E-state index in [1.54, 1.807) is 17.8 Å². The predicted octanol–water partition coefficient (Wildman–Crippen LogP) is 3.89. The van der Waals surface area contributed by atoms with Crippen LogP contribution in [0.4, 0.5) is 0 Å². The van der Waals surface area contributed by atoms with E-state index < -0.39 is 0 Å². The molecule has 0 N–H and O–H groups in total. The molecular formula is C12H12BrNOS. The third kappa shape index (κ3) is 1.97. The van der Waals surface area contributed by atoms with Crippen molar-refractivity contribution in [1.82, 2.24) is 0 Å². The fourth-order valence-corrected chi connectivity index (χ4v) is 3.12. The van der Waals surface area contributed by atoms with Crippen LogP contribution in [-0.4, -0.2) is 12.3 Å². The lowest BCUT2D eigenvalue weighted by atomic mass is 9.72. The molecule has 16 heavy (non-hydrogen) atoms. The van der Waals surface area contributed by atoms with Gasteiger partial charge in [0, 0.05) is 9.37 Å². The number of aliphatic imine (C=N–C) groups is 1. The highest BCUT2D eigenvalue weighted by Gasteiger charge is 2.40. The molecule has 1 fully saturated rings. The molecule has 0 aromatic heterocycles. The summed E-state index contributed by atoms with van der Waals surface area (Å²) in [4.78, 5) is 15.8. The lowest BCUT2D eigenvalue weighted by Gasteiger charge is -2.38. The molecule has 0 heterocycles. The summed E-state index contributed by atoms with van der Waals surface area (Å²) in [6, 6.07) is 6.17. The number of isocyanates is 1. The number of carbonyl (C=O) groups excluding carboxylic acids is 1. The third-order valence-corrected chi connectivity index (χ3v) is 4.39. The van der Waals surface area contributed by atoms with E-state index in [4.69, 9.17) is 0 Å². The van der Waals surface area contributed by atoms with Crippen LogP contribution in [0.5, 0.6) is 0 Å². The Morgan fingerprint density at radius 2 is 2.25 bits per heavy atom. The van der Waals surface area contributed by atoms with Gasteiger partial charge in [-0.2, -0.15) is 4.99 Å². The number of benzene rings is 1. The summed E-state index contributed by atoms with van der Waals surface area (Å²) >= 11 is 5.17. The molecule has 1 aromatic carbocycles. The summed E-state index contributed by atoms with van der Waals surface area (Å²) in [6.07, 6.45) is 6.81. The van der Waals surface area contributed by atoms with Gasteiger partial charge in [0.2, 0.25) is 6.08 Å². The zero-order valence-corrected chi connectivity index (χ0v) is 11.4. The molecule has 0 aliphatic heterocycles. The molecule has 0 unspecified atom stereocenters. The molecule has 0 bridgehead atoms. The topological polar surface area (TPSA) is 29.4 Å². The first-order valence-electron chi connectivity index (χ1n) is 5.15. The van der Waals surface area contributed by atoms with Crippen LogP contribution in [0.25, 0.3) is 0 Å². The number of nitrogens with zero attached hydrogens (tertiary/aromatic N) is 1. The molecule has 2 nitrogen and oxygen atoms in total. The first-order chi connectivity index (χ1) is 7.72. The number of halogens is 1. The van der Waals surface area contributed by atoms with Crippen molar-refractivity contribution >= 4 is 33.8 Å². The molecule has 2 rings (SSSR count). The quantitative estimate of drug-likeness (QED) is 0.481. The second kappa shape index (κ2) is 4.74. The van der Waals surface area contributed by atoms with Crippen molar-refractivity contribution in [3.63, 3.8) is 0 Å². The highest BCUT2D eigenvalue weighted by molar-refractivity contribution is 9.10. The second-order valence-electron chi connectivity index (χ2n) is 3.93. The van der Waals surface area contributed by atoms with E-state index in [-0.39, 0.29) is 5.54 Å². The molecule has 1 aliphatic carbocycles. The molecule has 1 saturated carbocycles. The van der Waals surface area contributed by atoms with Crippen molar-refractivity contribution in [3.05, 3.63) is 28.2 Å². The highest BCUT2D eigenvalue weighted by Crippen LogP contribution is 2.48. The molecule has 1 aromatic rings. The van der Waals surface area contributed by atoms with E-state index in [0.29, 0.717) is 0 Å². The average molecular weight is 298 g/mol. The summed E-state index contributed by atoms with van der Waals surface area (Å²) in [6.45, 7) is 0. The largest absolute Gasteiger partial charge is 0.235 e. The molecule has 4 heteroatoms. The minimum Gasteiger partial charge on any atom is -0.211 e. The van der Waals surface area contributed by atoms with Crippen molar-refractivity contribution in [2.24, 2.45) is 4.99 Å². The maximum absolute atomic E-state index is 10.6. The molecule has 0 spiro atoms. The third-order valence-electron chi connectivity index (χ3n) is 3.10. The minimum atomic E-state index is -0.302. The lowest BCUT2D eigenvalue weighted by Crippen LogP contribution is -2.32. The fraction of sp³-hybridized carbons (Fsp3) is 0.417. The summed E-state index contributed by atoms with van der Waals surface area (Å²) < 4.78 is 1.03. The number of thioether (sulfide) groups is 1. The Balaban J connectivity index is 2.52. The molecule has 0 saturated heterocycles. The maximum Gasteiger partial charge on any atom is 0.235 e. The van der Waals surface area contributed by atoms with Crippen molar-refractivity contribution < 1.29 is 4.79 Å². The SMILES string of the molecule is CSc1ccc(Br)cc1C1(N=C=O)CCC1. The summed E-state index contributed by atoms with van der Waals surface area (Å²) in [5, 5.41) is 0. The average Bonchev–Trinajstić information content (AvgIpc) is 2.23. The smallest absolute Gasteiger partial charge is 0.211 e. The van der Waals surface area contributed by atoms with Crippen LogP contribution >= 0.6 is 27.7 Å². The number of rotatable bonds is 3. The van der Waals surface area contributed by atoms with Crippen molar-refractivity contribution in [1.29, 1.82) is 0 Å². The molecular weight excluding hydrogens is 286 g/mol. The van der Waals surface area contributed by atoms with E-state index in [1.165, 1.54) is 4.90 Å². The van der Waals surface area contributed by atoms with Crippen LogP contribution in [0, 0.1) is 0 Å². The Labute approximate surface area is 108 Å². The van der Waals surface area contributed by atoms with Crippen molar-refractivity contribution in [2.45, 2.75) is 29.7 Å². The van der Waals surface area contributed by atoms with Crippen LogP contribution in [0.1, 0.15) is 24.8 Å². The van der Waals surface area contributed by atoms with Crippen LogP contribution in [-0.2, 0) is 10.3 Å². The molecule has 1 aliphatic rings. The first kappa shape index (κ1) is 11.9. The Morgan fingerprint density at radius 1 is 1.50 bits per heavy atom. The van der Waals surface area contributed by atoms with Gasteiger partial charge in [0.1, 0.15) is 0 Å². The number of hydrogen-bond donors (Lipinski definition) is 0. The van der Waals surface area contributed by atoms with Crippen molar-refractivity contribution in [2.75, 3.05) is 6.26 Å². The molecule has 0 amide bonds. The lowest BCUT2D eigenvalue weighted by molar-refractivity contribution is 0.251.